The van der Waals surface area contributed by atoms with Gasteiger partial charge in [-0.15, -0.1) is 12.4 Å². The number of hydrogen-bond acceptors (Lipinski definition) is 4. The zero-order valence-corrected chi connectivity index (χ0v) is 12.8. The van der Waals surface area contributed by atoms with Gasteiger partial charge in [-0.3, -0.25) is 4.79 Å². The van der Waals surface area contributed by atoms with Gasteiger partial charge in [0.05, 0.1) is 13.2 Å². The minimum Gasteiger partial charge on any atom is -0.467 e. The summed E-state index contributed by atoms with van der Waals surface area (Å²) in [6, 6.07) is 8.74. The number of carbonyl (C=O) groups is 2. The number of amides is 1. The van der Waals surface area contributed by atoms with Crippen LogP contribution in [0.2, 0.25) is 0 Å². The van der Waals surface area contributed by atoms with Crippen LogP contribution in [-0.2, 0) is 20.7 Å². The van der Waals surface area contributed by atoms with Crippen molar-refractivity contribution in [2.75, 3.05) is 13.7 Å². The van der Waals surface area contributed by atoms with Crippen LogP contribution in [0.3, 0.4) is 0 Å². The highest BCUT2D eigenvalue weighted by Gasteiger charge is 2.27. The summed E-state index contributed by atoms with van der Waals surface area (Å²) in [6.07, 6.45) is 2.23. The van der Waals surface area contributed by atoms with E-state index in [-0.39, 0.29) is 24.4 Å². The number of carbonyl (C=O) groups excluding carboxylic acids is 2. The number of methoxy groups -OCH3 is 1. The summed E-state index contributed by atoms with van der Waals surface area (Å²) in [5.74, 6) is -0.547. The third-order valence-corrected chi connectivity index (χ3v) is 3.46. The van der Waals surface area contributed by atoms with Crippen LogP contribution in [0, 0.1) is 0 Å². The summed E-state index contributed by atoms with van der Waals surface area (Å²) < 4.78 is 4.77. The maximum atomic E-state index is 12.1. The third kappa shape index (κ3) is 5.02. The van der Waals surface area contributed by atoms with Crippen LogP contribution in [-0.4, -0.2) is 37.6 Å². The molecule has 0 aliphatic carbocycles. The van der Waals surface area contributed by atoms with Crippen molar-refractivity contribution >= 4 is 24.3 Å². The number of benzene rings is 1. The van der Waals surface area contributed by atoms with Gasteiger partial charge in [0, 0.05) is 6.42 Å². The Morgan fingerprint density at radius 3 is 2.67 bits per heavy atom. The summed E-state index contributed by atoms with van der Waals surface area (Å²) in [4.78, 5) is 23.9. The molecule has 21 heavy (non-hydrogen) atoms. The van der Waals surface area contributed by atoms with E-state index in [4.69, 9.17) is 4.74 Å². The molecule has 116 valence electrons. The Bertz CT molecular complexity index is 461. The van der Waals surface area contributed by atoms with Crippen LogP contribution in [0.5, 0.6) is 0 Å². The molecule has 0 spiro atoms. The second-order valence-corrected chi connectivity index (χ2v) is 4.92. The van der Waals surface area contributed by atoms with Crippen molar-refractivity contribution in [1.29, 1.82) is 0 Å². The molecule has 6 heteroatoms. The van der Waals surface area contributed by atoms with Crippen molar-refractivity contribution in [3.63, 3.8) is 0 Å². The summed E-state index contributed by atoms with van der Waals surface area (Å²) in [6.45, 7) is 0.847. The number of nitrogens with one attached hydrogen (secondary N) is 2. The first-order chi connectivity index (χ1) is 9.70. The van der Waals surface area contributed by atoms with Crippen LogP contribution >= 0.6 is 12.4 Å². The smallest absolute Gasteiger partial charge is 0.328 e. The fourth-order valence-electron chi connectivity index (χ4n) is 2.37. The van der Waals surface area contributed by atoms with E-state index in [2.05, 4.69) is 10.6 Å². The van der Waals surface area contributed by atoms with Crippen molar-refractivity contribution in [3.8, 4) is 0 Å². The Kier molecular flexibility index (Phi) is 7.19. The predicted octanol–water partition coefficient (Wildman–Crippen LogP) is 1.06. The molecule has 2 atom stereocenters. The van der Waals surface area contributed by atoms with Crippen LogP contribution < -0.4 is 10.6 Å². The molecule has 1 heterocycles. The van der Waals surface area contributed by atoms with E-state index >= 15 is 0 Å². The lowest BCUT2D eigenvalue weighted by Gasteiger charge is -2.19. The molecule has 1 unspecified atom stereocenters. The van der Waals surface area contributed by atoms with E-state index in [1.807, 2.05) is 30.3 Å². The molecule has 5 nitrogen and oxygen atoms in total. The molecule has 1 aliphatic heterocycles. The Morgan fingerprint density at radius 2 is 2.10 bits per heavy atom. The second-order valence-electron chi connectivity index (χ2n) is 4.92. The first-order valence-corrected chi connectivity index (χ1v) is 6.86. The SMILES string of the molecule is COC(=O)C(Cc1ccccc1)NC(=O)[C@@H]1CCCN1.Cl. The van der Waals surface area contributed by atoms with E-state index in [1.165, 1.54) is 7.11 Å². The number of esters is 1. The largest absolute Gasteiger partial charge is 0.467 e. The van der Waals surface area contributed by atoms with Gasteiger partial charge in [0.25, 0.3) is 0 Å². The lowest BCUT2D eigenvalue weighted by molar-refractivity contribution is -0.145. The molecule has 1 fully saturated rings. The average molecular weight is 313 g/mol. The zero-order chi connectivity index (χ0) is 14.4. The lowest BCUT2D eigenvalue weighted by Crippen LogP contribution is -2.49. The van der Waals surface area contributed by atoms with Crippen molar-refractivity contribution in [1.82, 2.24) is 10.6 Å². The van der Waals surface area contributed by atoms with Gasteiger partial charge in [-0.1, -0.05) is 30.3 Å². The van der Waals surface area contributed by atoms with E-state index in [9.17, 15) is 9.59 Å². The molecule has 1 amide bonds. The summed E-state index contributed by atoms with van der Waals surface area (Å²) >= 11 is 0. The molecular formula is C15H21ClN2O3. The van der Waals surface area contributed by atoms with Gasteiger partial charge in [0.15, 0.2) is 0 Å². The number of ether oxygens (including phenoxy) is 1. The highest BCUT2D eigenvalue weighted by Crippen LogP contribution is 2.08. The molecule has 0 aromatic heterocycles. The summed E-state index contributed by atoms with van der Waals surface area (Å²) in [5, 5.41) is 5.90. The van der Waals surface area contributed by atoms with Gasteiger partial charge in [0.2, 0.25) is 5.91 Å². The molecule has 1 aromatic rings. The molecule has 0 saturated carbocycles. The van der Waals surface area contributed by atoms with Crippen molar-refractivity contribution in [2.45, 2.75) is 31.3 Å². The Morgan fingerprint density at radius 1 is 1.38 bits per heavy atom. The molecule has 1 aromatic carbocycles. The van der Waals surface area contributed by atoms with Gasteiger partial charge in [-0.2, -0.15) is 0 Å². The number of rotatable bonds is 5. The van der Waals surface area contributed by atoms with Crippen molar-refractivity contribution in [2.24, 2.45) is 0 Å². The minimum atomic E-state index is -0.641. The fourth-order valence-corrected chi connectivity index (χ4v) is 2.37. The first kappa shape index (κ1) is 17.5. The molecule has 1 aliphatic rings. The molecule has 2 rings (SSSR count). The van der Waals surface area contributed by atoms with Crippen LogP contribution in [0.1, 0.15) is 18.4 Å². The average Bonchev–Trinajstić information content (AvgIpc) is 3.01. The standard InChI is InChI=1S/C15H20N2O3.ClH/c1-20-15(19)13(10-11-6-3-2-4-7-11)17-14(18)12-8-5-9-16-12;/h2-4,6-7,12-13,16H,5,8-10H2,1H3,(H,17,18);1H/t12-,13?;/m0./s1. The van der Waals surface area contributed by atoms with Gasteiger partial charge < -0.3 is 15.4 Å². The normalized spacial score (nSPS) is 18.4. The highest BCUT2D eigenvalue weighted by atomic mass is 35.5. The van der Waals surface area contributed by atoms with E-state index in [1.54, 1.807) is 0 Å². The van der Waals surface area contributed by atoms with Crippen molar-refractivity contribution in [3.05, 3.63) is 35.9 Å². The Hall–Kier alpha value is -1.59. The van der Waals surface area contributed by atoms with E-state index < -0.39 is 12.0 Å². The maximum Gasteiger partial charge on any atom is 0.328 e. The molecular weight excluding hydrogens is 292 g/mol. The topological polar surface area (TPSA) is 67.4 Å². The van der Waals surface area contributed by atoms with Gasteiger partial charge in [-0.25, -0.2) is 4.79 Å². The lowest BCUT2D eigenvalue weighted by atomic mass is 10.1. The molecule has 2 N–H and O–H groups in total. The quantitative estimate of drug-likeness (QED) is 0.798. The fraction of sp³-hybridized carbons (Fsp3) is 0.467. The highest BCUT2D eigenvalue weighted by molar-refractivity contribution is 5.87. The first-order valence-electron chi connectivity index (χ1n) is 6.86. The zero-order valence-electron chi connectivity index (χ0n) is 12.0. The molecule has 0 bridgehead atoms. The van der Waals surface area contributed by atoms with E-state index in [0.29, 0.717) is 6.42 Å². The van der Waals surface area contributed by atoms with Gasteiger partial charge in [-0.05, 0) is 24.9 Å². The predicted molar refractivity (Wildman–Crippen MR) is 82.4 cm³/mol. The Balaban J connectivity index is 0.00000220. The molecule has 0 radical (unpaired) electrons. The third-order valence-electron chi connectivity index (χ3n) is 3.46. The van der Waals surface area contributed by atoms with Crippen LogP contribution in [0.4, 0.5) is 0 Å². The summed E-state index contributed by atoms with van der Waals surface area (Å²) in [7, 11) is 1.33. The van der Waals surface area contributed by atoms with Gasteiger partial charge >= 0.3 is 5.97 Å². The van der Waals surface area contributed by atoms with Crippen molar-refractivity contribution < 1.29 is 14.3 Å². The van der Waals surface area contributed by atoms with Crippen LogP contribution in [0.25, 0.3) is 0 Å². The maximum absolute atomic E-state index is 12.1. The Labute approximate surface area is 130 Å². The van der Waals surface area contributed by atoms with E-state index in [0.717, 1.165) is 24.9 Å². The number of hydrogen-bond donors (Lipinski definition) is 2. The second kappa shape index (κ2) is 8.64. The molecule has 1 saturated heterocycles. The van der Waals surface area contributed by atoms with Gasteiger partial charge in [0.1, 0.15) is 6.04 Å². The number of halogens is 1. The van der Waals surface area contributed by atoms with Crippen LogP contribution in [0.15, 0.2) is 30.3 Å². The summed E-state index contributed by atoms with van der Waals surface area (Å²) in [5.41, 5.74) is 0.989. The minimum absolute atomic E-state index is 0. The monoisotopic (exact) mass is 312 g/mol.